The van der Waals surface area contributed by atoms with Crippen molar-refractivity contribution in [1.82, 2.24) is 9.38 Å². The maximum Gasteiger partial charge on any atom is 0.416 e. The van der Waals surface area contributed by atoms with Crippen molar-refractivity contribution >= 4 is 23.2 Å². The quantitative estimate of drug-likeness (QED) is 0.354. The molecular formula is C24H16ClF3N2O3. The van der Waals surface area contributed by atoms with Crippen molar-refractivity contribution in [3.05, 3.63) is 93.5 Å². The SMILES string of the molecule is CC(=O)OCc1nc2c(-c3cccc(C(F)(F)F)c3)cc(Cl)cn2c(=O)c1-c1ccccc1. The van der Waals surface area contributed by atoms with E-state index in [1.165, 1.54) is 35.7 Å². The maximum atomic E-state index is 13.5. The second-order valence-electron chi connectivity index (χ2n) is 7.23. The molecule has 0 aliphatic rings. The predicted octanol–water partition coefficient (Wildman–Crippen LogP) is 5.76. The molecule has 0 saturated carbocycles. The van der Waals surface area contributed by atoms with Crippen LogP contribution < -0.4 is 5.56 Å². The molecule has 0 unspecified atom stereocenters. The standard InChI is InChI=1S/C24H16ClF3N2O3/c1-14(31)33-13-20-21(15-6-3-2-4-7-15)23(32)30-12-18(25)11-19(22(30)29-20)16-8-5-9-17(10-16)24(26,27)28/h2-12H,13H2,1H3. The monoisotopic (exact) mass is 472 g/mol. The molecule has 9 heteroatoms. The zero-order valence-electron chi connectivity index (χ0n) is 17.2. The summed E-state index contributed by atoms with van der Waals surface area (Å²) in [4.78, 5) is 29.5. The third-order valence-corrected chi connectivity index (χ3v) is 5.15. The molecule has 0 atom stereocenters. The Balaban J connectivity index is 2.03. The number of pyridine rings is 1. The van der Waals surface area contributed by atoms with Crippen molar-refractivity contribution in [3.8, 4) is 22.3 Å². The van der Waals surface area contributed by atoms with Gasteiger partial charge in [-0.05, 0) is 29.3 Å². The summed E-state index contributed by atoms with van der Waals surface area (Å²) >= 11 is 6.24. The summed E-state index contributed by atoms with van der Waals surface area (Å²) in [6, 6.07) is 14.8. The van der Waals surface area contributed by atoms with Gasteiger partial charge in [0.1, 0.15) is 12.3 Å². The maximum absolute atomic E-state index is 13.5. The van der Waals surface area contributed by atoms with Gasteiger partial charge in [-0.1, -0.05) is 54.1 Å². The number of ether oxygens (including phenoxy) is 1. The molecule has 2 heterocycles. The van der Waals surface area contributed by atoms with Crippen molar-refractivity contribution in [2.24, 2.45) is 0 Å². The van der Waals surface area contributed by atoms with Gasteiger partial charge in [-0.2, -0.15) is 13.2 Å². The lowest BCUT2D eigenvalue weighted by atomic mass is 10.0. The summed E-state index contributed by atoms with van der Waals surface area (Å²) in [5, 5.41) is 0.144. The van der Waals surface area contributed by atoms with Gasteiger partial charge in [-0.15, -0.1) is 0 Å². The van der Waals surface area contributed by atoms with Crippen LogP contribution >= 0.6 is 11.6 Å². The van der Waals surface area contributed by atoms with E-state index in [4.69, 9.17) is 16.3 Å². The molecule has 0 spiro atoms. The number of rotatable bonds is 4. The van der Waals surface area contributed by atoms with Crippen LogP contribution in [0.2, 0.25) is 5.02 Å². The van der Waals surface area contributed by atoms with Crippen molar-refractivity contribution in [3.63, 3.8) is 0 Å². The first-order valence-corrected chi connectivity index (χ1v) is 10.1. The van der Waals surface area contributed by atoms with Crippen LogP contribution in [0.4, 0.5) is 13.2 Å². The van der Waals surface area contributed by atoms with Crippen LogP contribution in [0.15, 0.2) is 71.7 Å². The Morgan fingerprint density at radius 3 is 2.42 bits per heavy atom. The third kappa shape index (κ3) is 4.61. The molecule has 0 bridgehead atoms. The van der Waals surface area contributed by atoms with E-state index in [2.05, 4.69) is 4.98 Å². The zero-order chi connectivity index (χ0) is 23.8. The van der Waals surface area contributed by atoms with Gasteiger partial charge in [0, 0.05) is 18.7 Å². The van der Waals surface area contributed by atoms with Crippen molar-refractivity contribution in [1.29, 1.82) is 0 Å². The highest BCUT2D eigenvalue weighted by atomic mass is 35.5. The summed E-state index contributed by atoms with van der Waals surface area (Å²) in [6.07, 6.45) is -3.19. The molecule has 0 amide bonds. The third-order valence-electron chi connectivity index (χ3n) is 4.94. The first kappa shape index (κ1) is 22.5. The number of halogens is 4. The Morgan fingerprint density at radius 2 is 1.76 bits per heavy atom. The highest BCUT2D eigenvalue weighted by Gasteiger charge is 2.30. The minimum atomic E-state index is -4.55. The van der Waals surface area contributed by atoms with E-state index in [0.29, 0.717) is 5.56 Å². The minimum absolute atomic E-state index is 0.0885. The van der Waals surface area contributed by atoms with Gasteiger partial charge in [0.25, 0.3) is 5.56 Å². The second kappa shape index (κ2) is 8.71. The van der Waals surface area contributed by atoms with Gasteiger partial charge < -0.3 is 4.74 Å². The van der Waals surface area contributed by atoms with Crippen LogP contribution in [0, 0.1) is 0 Å². The van der Waals surface area contributed by atoms with E-state index in [1.807, 2.05) is 0 Å². The number of benzene rings is 2. The average Bonchev–Trinajstić information content (AvgIpc) is 2.78. The lowest BCUT2D eigenvalue weighted by molar-refractivity contribution is -0.142. The number of carbonyl (C=O) groups is 1. The van der Waals surface area contributed by atoms with E-state index in [0.717, 1.165) is 12.1 Å². The number of nitrogens with zero attached hydrogens (tertiary/aromatic N) is 2. The van der Waals surface area contributed by atoms with E-state index in [-0.39, 0.29) is 39.7 Å². The first-order chi connectivity index (χ1) is 15.6. The van der Waals surface area contributed by atoms with Crippen LogP contribution in [0.25, 0.3) is 27.9 Å². The fourth-order valence-corrected chi connectivity index (χ4v) is 3.70. The Morgan fingerprint density at radius 1 is 1.06 bits per heavy atom. The highest BCUT2D eigenvalue weighted by molar-refractivity contribution is 6.30. The van der Waals surface area contributed by atoms with Crippen molar-refractivity contribution in [2.45, 2.75) is 19.7 Å². The number of alkyl halides is 3. The van der Waals surface area contributed by atoms with E-state index >= 15 is 0 Å². The van der Waals surface area contributed by atoms with E-state index in [9.17, 15) is 22.8 Å². The van der Waals surface area contributed by atoms with Crippen LogP contribution in [0.1, 0.15) is 18.2 Å². The van der Waals surface area contributed by atoms with Crippen LogP contribution in [-0.2, 0) is 22.3 Å². The number of aromatic nitrogens is 2. The molecule has 0 saturated heterocycles. The summed E-state index contributed by atoms with van der Waals surface area (Å²) in [7, 11) is 0. The van der Waals surface area contributed by atoms with Gasteiger partial charge in [0.05, 0.1) is 21.8 Å². The smallest absolute Gasteiger partial charge is 0.416 e. The number of fused-ring (bicyclic) bond motifs is 1. The normalized spacial score (nSPS) is 11.5. The molecular weight excluding hydrogens is 457 g/mol. The molecule has 5 nitrogen and oxygen atoms in total. The molecule has 0 fully saturated rings. The Bertz CT molecular complexity index is 1420. The zero-order valence-corrected chi connectivity index (χ0v) is 17.9. The number of hydrogen-bond donors (Lipinski definition) is 0. The average molecular weight is 473 g/mol. The fraction of sp³-hybridized carbons (Fsp3) is 0.125. The van der Waals surface area contributed by atoms with Gasteiger partial charge >= 0.3 is 12.1 Å². The molecule has 168 valence electrons. The van der Waals surface area contributed by atoms with Crippen molar-refractivity contribution < 1.29 is 22.7 Å². The summed E-state index contributed by atoms with van der Waals surface area (Å²) in [5.74, 6) is -0.565. The highest BCUT2D eigenvalue weighted by Crippen LogP contribution is 2.34. The molecule has 4 aromatic rings. The van der Waals surface area contributed by atoms with Crippen molar-refractivity contribution in [2.75, 3.05) is 0 Å². The molecule has 2 aromatic heterocycles. The molecule has 0 aliphatic carbocycles. The van der Waals surface area contributed by atoms with Gasteiger partial charge in [-0.25, -0.2) is 4.98 Å². The Kier molecular flexibility index (Phi) is 5.95. The van der Waals surface area contributed by atoms with E-state index in [1.54, 1.807) is 30.3 Å². The molecule has 0 N–H and O–H groups in total. The summed E-state index contributed by atoms with van der Waals surface area (Å²) in [5.41, 5.74) is 0.0869. The minimum Gasteiger partial charge on any atom is -0.459 e. The topological polar surface area (TPSA) is 60.7 Å². The Labute approximate surface area is 191 Å². The largest absolute Gasteiger partial charge is 0.459 e. The summed E-state index contributed by atoms with van der Waals surface area (Å²) in [6.45, 7) is 0.944. The second-order valence-corrected chi connectivity index (χ2v) is 7.67. The fourth-order valence-electron chi connectivity index (χ4n) is 3.50. The number of hydrogen-bond acceptors (Lipinski definition) is 4. The van der Waals surface area contributed by atoms with Gasteiger partial charge in [0.15, 0.2) is 0 Å². The molecule has 0 radical (unpaired) electrons. The first-order valence-electron chi connectivity index (χ1n) is 9.76. The van der Waals surface area contributed by atoms with Gasteiger partial charge in [0.2, 0.25) is 0 Å². The molecule has 33 heavy (non-hydrogen) atoms. The van der Waals surface area contributed by atoms with Crippen LogP contribution in [0.3, 0.4) is 0 Å². The Hall–Kier alpha value is -3.65. The molecule has 2 aromatic carbocycles. The lowest BCUT2D eigenvalue weighted by Crippen LogP contribution is -2.21. The molecule has 0 aliphatic heterocycles. The van der Waals surface area contributed by atoms with Crippen LogP contribution in [0.5, 0.6) is 0 Å². The summed E-state index contributed by atoms with van der Waals surface area (Å²) < 4.78 is 46.1. The number of carbonyl (C=O) groups excluding carboxylic acids is 1. The predicted molar refractivity (Wildman–Crippen MR) is 118 cm³/mol. The van der Waals surface area contributed by atoms with Gasteiger partial charge in [-0.3, -0.25) is 14.0 Å². The van der Waals surface area contributed by atoms with Crippen LogP contribution in [-0.4, -0.2) is 15.4 Å². The molecule has 4 rings (SSSR count). The number of esters is 1. The van der Waals surface area contributed by atoms with E-state index < -0.39 is 23.3 Å². The lowest BCUT2D eigenvalue weighted by Gasteiger charge is -2.15.